The van der Waals surface area contributed by atoms with Crippen LogP contribution in [0.2, 0.25) is 0 Å². The van der Waals surface area contributed by atoms with E-state index >= 15 is 0 Å². The fourth-order valence-corrected chi connectivity index (χ4v) is 9.21. The number of carbonyl (C=O) groups is 2. The smallest absolute Gasteiger partial charge is 0.410 e. The maximum Gasteiger partial charge on any atom is 0.410 e. The second kappa shape index (κ2) is 22.9. The molecule has 70 heavy (non-hydrogen) atoms. The second-order valence-corrected chi connectivity index (χ2v) is 20.4. The number of benzene rings is 4. The fraction of sp³-hybridized carbons (Fsp3) is 0.448. The molecule has 2 aromatic heterocycles. The van der Waals surface area contributed by atoms with E-state index in [4.69, 9.17) is 27.8 Å². The molecule has 2 aliphatic rings. The van der Waals surface area contributed by atoms with Gasteiger partial charge in [-0.25, -0.2) is 19.6 Å². The molecule has 2 amide bonds. The zero-order chi connectivity index (χ0) is 50.0. The Bertz CT molecular complexity index is 2450. The van der Waals surface area contributed by atoms with Crippen molar-refractivity contribution in [1.29, 1.82) is 0 Å². The summed E-state index contributed by atoms with van der Waals surface area (Å²) in [5.74, 6) is 5.90. The molecule has 6 aromatic rings. The monoisotopic (exact) mass is 953 g/mol. The van der Waals surface area contributed by atoms with Gasteiger partial charge in [-0.2, -0.15) is 0 Å². The standard InChI is InChI=1S/2C29H36N2O4/c2*1-6-21-18-31(28(32)35-29(3,4)5)19-25(21)23-13-10-14-24(17-23)33-16-15-26-20(2)34-27(30-26)22-11-8-7-9-12-22/h2*7-14,17,21,25H,6,15-16,18-19H2,1-5H3/t2*21-,25+/m10/s1. The highest BCUT2D eigenvalue weighted by atomic mass is 16.6. The summed E-state index contributed by atoms with van der Waals surface area (Å²) in [5, 5.41) is 0. The lowest BCUT2D eigenvalue weighted by Crippen LogP contribution is -2.35. The van der Waals surface area contributed by atoms with Crippen LogP contribution in [0.5, 0.6) is 11.5 Å². The maximum atomic E-state index is 12.6. The first-order valence-corrected chi connectivity index (χ1v) is 24.9. The van der Waals surface area contributed by atoms with Gasteiger partial charge >= 0.3 is 12.2 Å². The van der Waals surface area contributed by atoms with Crippen LogP contribution in [0, 0.1) is 25.7 Å². The molecule has 2 saturated heterocycles. The fourth-order valence-electron chi connectivity index (χ4n) is 9.21. The zero-order valence-corrected chi connectivity index (χ0v) is 42.8. The topological polar surface area (TPSA) is 130 Å². The second-order valence-electron chi connectivity index (χ2n) is 20.4. The van der Waals surface area contributed by atoms with Crippen LogP contribution in [0.15, 0.2) is 118 Å². The Morgan fingerprint density at radius 1 is 0.557 bits per heavy atom. The van der Waals surface area contributed by atoms with E-state index in [0.29, 0.717) is 62.8 Å². The molecule has 4 aromatic carbocycles. The summed E-state index contributed by atoms with van der Waals surface area (Å²) in [6.07, 6.45) is 2.88. The molecule has 0 aliphatic carbocycles. The molecule has 2 fully saturated rings. The average molecular weight is 953 g/mol. The number of carbonyl (C=O) groups excluding carboxylic acids is 2. The van der Waals surface area contributed by atoms with Gasteiger partial charge in [0.2, 0.25) is 11.8 Å². The number of oxazole rings is 2. The van der Waals surface area contributed by atoms with E-state index in [-0.39, 0.29) is 24.0 Å². The van der Waals surface area contributed by atoms with E-state index in [1.54, 1.807) is 0 Å². The Kier molecular flexibility index (Phi) is 16.8. The predicted molar refractivity (Wildman–Crippen MR) is 273 cm³/mol. The molecule has 12 nitrogen and oxygen atoms in total. The first-order chi connectivity index (χ1) is 33.5. The molecule has 2 aliphatic heterocycles. The maximum absolute atomic E-state index is 12.6. The van der Waals surface area contributed by atoms with Crippen LogP contribution >= 0.6 is 0 Å². The Hall–Kier alpha value is -6.56. The average Bonchev–Trinajstić information content (AvgIpc) is 4.14. The number of hydrogen-bond donors (Lipinski definition) is 0. The molecule has 8 rings (SSSR count). The van der Waals surface area contributed by atoms with Crippen molar-refractivity contribution in [2.75, 3.05) is 39.4 Å². The normalized spacial score (nSPS) is 18.0. The first-order valence-electron chi connectivity index (χ1n) is 24.9. The van der Waals surface area contributed by atoms with E-state index in [2.05, 4.69) is 48.1 Å². The Morgan fingerprint density at radius 2 is 0.943 bits per heavy atom. The predicted octanol–water partition coefficient (Wildman–Crippen LogP) is 13.3. The third kappa shape index (κ3) is 13.8. The molecule has 372 valence electrons. The van der Waals surface area contributed by atoms with Crippen LogP contribution in [0.1, 0.15) is 114 Å². The minimum Gasteiger partial charge on any atom is -0.493 e. The quantitative estimate of drug-likeness (QED) is 0.104. The van der Waals surface area contributed by atoms with Gasteiger partial charge in [-0.1, -0.05) is 87.4 Å². The van der Waals surface area contributed by atoms with Crippen molar-refractivity contribution >= 4 is 12.2 Å². The molecule has 12 heteroatoms. The highest BCUT2D eigenvalue weighted by Gasteiger charge is 2.38. The molecular formula is C58H72N4O8. The summed E-state index contributed by atoms with van der Waals surface area (Å²) in [4.78, 5) is 38.3. The van der Waals surface area contributed by atoms with Crippen molar-refractivity contribution in [2.24, 2.45) is 11.8 Å². The summed E-state index contributed by atoms with van der Waals surface area (Å²) < 4.78 is 35.1. The summed E-state index contributed by atoms with van der Waals surface area (Å²) in [6.45, 7) is 23.4. The van der Waals surface area contributed by atoms with Gasteiger partial charge in [0.1, 0.15) is 34.2 Å². The molecule has 0 spiro atoms. The molecule has 0 radical (unpaired) electrons. The van der Waals surface area contributed by atoms with Crippen molar-refractivity contribution in [2.45, 2.75) is 118 Å². The minimum absolute atomic E-state index is 0.233. The van der Waals surface area contributed by atoms with Gasteiger partial charge in [0.15, 0.2) is 0 Å². The molecule has 0 saturated carbocycles. The number of aromatic nitrogens is 2. The van der Waals surface area contributed by atoms with Gasteiger partial charge in [0.25, 0.3) is 0 Å². The van der Waals surface area contributed by atoms with E-state index in [9.17, 15) is 9.59 Å². The summed E-state index contributed by atoms with van der Waals surface area (Å²) in [5.41, 5.74) is 5.18. The molecule has 4 heterocycles. The number of rotatable bonds is 14. The number of aryl methyl sites for hydroxylation is 2. The molecule has 4 atom stereocenters. The number of nitrogens with zero attached hydrogens (tertiary/aromatic N) is 4. The Labute approximate surface area is 414 Å². The van der Waals surface area contributed by atoms with E-state index < -0.39 is 11.2 Å². The highest BCUT2D eigenvalue weighted by Crippen LogP contribution is 2.38. The summed E-state index contributed by atoms with van der Waals surface area (Å²) >= 11 is 0. The lowest BCUT2D eigenvalue weighted by molar-refractivity contribution is 0.0276. The van der Waals surface area contributed by atoms with Gasteiger partial charge < -0.3 is 37.6 Å². The largest absolute Gasteiger partial charge is 0.493 e. The van der Waals surface area contributed by atoms with Crippen molar-refractivity contribution in [1.82, 2.24) is 19.8 Å². The van der Waals surface area contributed by atoms with Crippen LogP contribution in [0.25, 0.3) is 22.9 Å². The van der Waals surface area contributed by atoms with Gasteiger partial charge in [-0.3, -0.25) is 0 Å². The summed E-state index contributed by atoms with van der Waals surface area (Å²) in [7, 11) is 0. The highest BCUT2D eigenvalue weighted by molar-refractivity contribution is 5.69. The third-order valence-corrected chi connectivity index (χ3v) is 12.8. The number of likely N-dealkylation sites (tertiary alicyclic amines) is 2. The van der Waals surface area contributed by atoms with E-state index in [1.807, 2.05) is 150 Å². The van der Waals surface area contributed by atoms with Crippen LogP contribution in [0.4, 0.5) is 9.59 Å². The van der Waals surface area contributed by atoms with Crippen LogP contribution in [-0.4, -0.2) is 82.5 Å². The van der Waals surface area contributed by atoms with Gasteiger partial charge in [-0.05, 0) is 127 Å². The van der Waals surface area contributed by atoms with Crippen LogP contribution in [-0.2, 0) is 22.3 Å². The number of ether oxygens (including phenoxy) is 4. The first kappa shape index (κ1) is 51.3. The van der Waals surface area contributed by atoms with Crippen molar-refractivity contribution < 1.29 is 37.4 Å². The third-order valence-electron chi connectivity index (χ3n) is 12.8. The van der Waals surface area contributed by atoms with Gasteiger partial charge in [0.05, 0.1) is 24.6 Å². The van der Waals surface area contributed by atoms with Crippen molar-refractivity contribution in [3.05, 3.63) is 143 Å². The number of hydrogen-bond acceptors (Lipinski definition) is 10. The Morgan fingerprint density at radius 3 is 1.30 bits per heavy atom. The molecular weight excluding hydrogens is 881 g/mol. The lowest BCUT2D eigenvalue weighted by atomic mass is 9.87. The van der Waals surface area contributed by atoms with Crippen LogP contribution < -0.4 is 9.47 Å². The van der Waals surface area contributed by atoms with Gasteiger partial charge in [-0.15, -0.1) is 0 Å². The Balaban J connectivity index is 0.000000206. The van der Waals surface area contributed by atoms with Crippen molar-refractivity contribution in [3.8, 4) is 34.4 Å². The van der Waals surface area contributed by atoms with E-state index in [0.717, 1.165) is 71.5 Å². The lowest BCUT2D eigenvalue weighted by Gasteiger charge is -2.24. The van der Waals surface area contributed by atoms with Crippen molar-refractivity contribution in [3.63, 3.8) is 0 Å². The van der Waals surface area contributed by atoms with E-state index in [1.165, 1.54) is 11.1 Å². The minimum atomic E-state index is -0.491. The molecule has 0 bridgehead atoms. The SMILES string of the molecule is CC[C@@H]1CN(C(=O)OC(C)(C)C)C[C@@H]1c1cccc(OCCc2nc(-c3ccccc3)oc2C)c1.CC[C@H]1CN(C(=O)OC(C)(C)C)C[C@H]1c1cccc(OCCc2nc(-c3ccccc3)oc2C)c1. The van der Waals surface area contributed by atoms with Gasteiger partial charge in [0, 0.05) is 62.0 Å². The number of amides is 2. The zero-order valence-electron chi connectivity index (χ0n) is 42.8. The molecule has 0 unspecified atom stereocenters. The van der Waals surface area contributed by atoms with Crippen LogP contribution in [0.3, 0.4) is 0 Å². The molecule has 0 N–H and O–H groups in total. The summed E-state index contributed by atoms with van der Waals surface area (Å²) in [6, 6.07) is 36.3.